The molecule has 3 atom stereocenters. The van der Waals surface area contributed by atoms with Crippen LogP contribution in [-0.2, 0) is 16.1 Å². The topological polar surface area (TPSA) is 76.6 Å². The summed E-state index contributed by atoms with van der Waals surface area (Å²) >= 11 is 0. The quantitative estimate of drug-likeness (QED) is 0.609. The highest BCUT2D eigenvalue weighted by Gasteiger charge is 2.52. The van der Waals surface area contributed by atoms with Crippen molar-refractivity contribution in [3.63, 3.8) is 0 Å². The van der Waals surface area contributed by atoms with Crippen molar-refractivity contribution in [2.45, 2.75) is 94.6 Å². The minimum atomic E-state index is -0.672. The van der Waals surface area contributed by atoms with E-state index in [1.165, 1.54) is 18.4 Å². The van der Waals surface area contributed by atoms with E-state index in [0.717, 1.165) is 77.9 Å². The number of piperidine rings is 3. The van der Waals surface area contributed by atoms with Gasteiger partial charge in [0.25, 0.3) is 0 Å². The van der Waals surface area contributed by atoms with Gasteiger partial charge in [-0.2, -0.15) is 0 Å². The Morgan fingerprint density at radius 3 is 2.11 bits per heavy atom. The maximum absolute atomic E-state index is 13.2. The van der Waals surface area contributed by atoms with Crippen LogP contribution in [0.25, 0.3) is 0 Å². The SMILES string of the molecule is O=C(O)C1CCN(C2CCCC3C2OC(=O)N3C2CCN(C3CCN(Cc4ccccc4)CC3)CC2)CC1. The molecule has 4 saturated heterocycles. The van der Waals surface area contributed by atoms with Crippen LogP contribution in [0.4, 0.5) is 4.79 Å². The van der Waals surface area contributed by atoms with Crippen LogP contribution in [0.3, 0.4) is 0 Å². The first-order valence-electron chi connectivity index (χ1n) is 15.0. The third kappa shape index (κ3) is 5.45. The Balaban J connectivity index is 0.995. The molecule has 208 valence electrons. The second-order valence-corrected chi connectivity index (χ2v) is 12.2. The van der Waals surface area contributed by atoms with E-state index in [1.807, 2.05) is 0 Å². The monoisotopic (exact) mass is 524 g/mol. The first-order chi connectivity index (χ1) is 18.6. The zero-order chi connectivity index (χ0) is 26.1. The molecule has 3 unspecified atom stereocenters. The molecule has 4 aliphatic heterocycles. The highest BCUT2D eigenvalue weighted by Crippen LogP contribution is 2.39. The van der Waals surface area contributed by atoms with Crippen LogP contribution in [-0.4, -0.2) is 106 Å². The Labute approximate surface area is 226 Å². The van der Waals surface area contributed by atoms with Gasteiger partial charge >= 0.3 is 12.1 Å². The van der Waals surface area contributed by atoms with Gasteiger partial charge in [0, 0.05) is 37.8 Å². The summed E-state index contributed by atoms with van der Waals surface area (Å²) in [4.78, 5) is 34.4. The Morgan fingerprint density at radius 2 is 1.42 bits per heavy atom. The average molecular weight is 525 g/mol. The molecule has 1 N–H and O–H groups in total. The van der Waals surface area contributed by atoms with Gasteiger partial charge < -0.3 is 14.7 Å². The number of nitrogens with zero attached hydrogens (tertiary/aromatic N) is 4. The first kappa shape index (κ1) is 26.1. The summed E-state index contributed by atoms with van der Waals surface area (Å²) in [5.74, 6) is -0.900. The number of carboxylic acids is 1. The molecule has 1 aromatic rings. The smallest absolute Gasteiger partial charge is 0.410 e. The van der Waals surface area contributed by atoms with Crippen molar-refractivity contribution in [3.8, 4) is 0 Å². The Morgan fingerprint density at radius 1 is 0.789 bits per heavy atom. The standard InChI is InChI=1S/C30H44N4O4/c35-29(36)23-9-17-33(18-10-23)26-7-4-8-27-28(26)38-30(37)34(27)25-13-19-32(20-14-25)24-11-15-31(16-12-24)21-22-5-2-1-3-6-22/h1-3,5-6,23-28H,4,7-21H2,(H,35,36). The molecule has 4 heterocycles. The summed E-state index contributed by atoms with van der Waals surface area (Å²) in [5, 5.41) is 9.37. The second kappa shape index (κ2) is 11.5. The van der Waals surface area contributed by atoms with Crippen molar-refractivity contribution >= 4 is 12.1 Å². The van der Waals surface area contributed by atoms with Crippen LogP contribution >= 0.6 is 0 Å². The van der Waals surface area contributed by atoms with Crippen LogP contribution in [0.2, 0.25) is 0 Å². The van der Waals surface area contributed by atoms with Gasteiger partial charge in [0.2, 0.25) is 0 Å². The van der Waals surface area contributed by atoms with Crippen molar-refractivity contribution in [1.82, 2.24) is 19.6 Å². The molecule has 0 bridgehead atoms. The molecule has 8 heteroatoms. The van der Waals surface area contributed by atoms with E-state index in [4.69, 9.17) is 4.74 Å². The summed E-state index contributed by atoms with van der Waals surface area (Å²) in [7, 11) is 0. The summed E-state index contributed by atoms with van der Waals surface area (Å²) in [6, 6.07) is 12.1. The van der Waals surface area contributed by atoms with Gasteiger partial charge in [0.1, 0.15) is 6.10 Å². The third-order valence-electron chi connectivity index (χ3n) is 10.1. The number of rotatable bonds is 6. The Hall–Kier alpha value is -2.16. The molecular formula is C30H44N4O4. The van der Waals surface area contributed by atoms with Crippen LogP contribution in [0.5, 0.6) is 0 Å². The number of ether oxygens (including phenoxy) is 1. The van der Waals surface area contributed by atoms with Gasteiger partial charge in [-0.15, -0.1) is 0 Å². The van der Waals surface area contributed by atoms with E-state index < -0.39 is 5.97 Å². The fourth-order valence-electron chi connectivity index (χ4n) is 7.99. The number of aliphatic carboxylic acids is 1. The summed E-state index contributed by atoms with van der Waals surface area (Å²) in [6.45, 7) is 7.10. The predicted molar refractivity (Wildman–Crippen MR) is 145 cm³/mol. The van der Waals surface area contributed by atoms with E-state index in [9.17, 15) is 14.7 Å². The molecule has 1 amide bonds. The van der Waals surface area contributed by atoms with E-state index in [0.29, 0.717) is 18.9 Å². The van der Waals surface area contributed by atoms with Gasteiger partial charge in [-0.25, -0.2) is 4.79 Å². The van der Waals surface area contributed by atoms with E-state index >= 15 is 0 Å². The van der Waals surface area contributed by atoms with Crippen molar-refractivity contribution in [2.24, 2.45) is 5.92 Å². The lowest BCUT2D eigenvalue weighted by Gasteiger charge is -2.46. The zero-order valence-corrected chi connectivity index (χ0v) is 22.6. The maximum Gasteiger partial charge on any atom is 0.410 e. The number of fused-ring (bicyclic) bond motifs is 1. The molecular weight excluding hydrogens is 480 g/mol. The normalized spacial score (nSPS) is 31.3. The lowest BCUT2D eigenvalue weighted by Crippen LogP contribution is -2.57. The minimum Gasteiger partial charge on any atom is -0.481 e. The molecule has 1 saturated carbocycles. The van der Waals surface area contributed by atoms with Crippen LogP contribution in [0.15, 0.2) is 30.3 Å². The van der Waals surface area contributed by atoms with E-state index in [2.05, 4.69) is 49.9 Å². The molecule has 6 rings (SSSR count). The van der Waals surface area contributed by atoms with Crippen LogP contribution in [0, 0.1) is 5.92 Å². The van der Waals surface area contributed by atoms with Gasteiger partial charge in [-0.05, 0) is 89.5 Å². The summed E-state index contributed by atoms with van der Waals surface area (Å²) < 4.78 is 6.08. The van der Waals surface area contributed by atoms with Crippen molar-refractivity contribution < 1.29 is 19.4 Å². The van der Waals surface area contributed by atoms with Gasteiger partial charge in [-0.1, -0.05) is 30.3 Å². The Bertz CT molecular complexity index is 952. The molecule has 5 aliphatic rings. The summed E-state index contributed by atoms with van der Waals surface area (Å²) in [6.07, 6.45) is 8.94. The predicted octanol–water partition coefficient (Wildman–Crippen LogP) is 3.65. The third-order valence-corrected chi connectivity index (χ3v) is 10.1. The van der Waals surface area contributed by atoms with Gasteiger partial charge in [0.15, 0.2) is 0 Å². The number of carbonyl (C=O) groups excluding carboxylic acids is 1. The molecule has 1 aromatic carbocycles. The number of hydrogen-bond donors (Lipinski definition) is 1. The number of carbonyl (C=O) groups is 2. The average Bonchev–Trinajstić information content (AvgIpc) is 3.30. The maximum atomic E-state index is 13.2. The molecule has 8 nitrogen and oxygen atoms in total. The number of carboxylic acid groups (broad SMARTS) is 1. The number of benzene rings is 1. The number of hydrogen-bond acceptors (Lipinski definition) is 6. The molecule has 5 fully saturated rings. The lowest BCUT2D eigenvalue weighted by atomic mass is 9.84. The number of amides is 1. The van der Waals surface area contributed by atoms with Gasteiger partial charge in [-0.3, -0.25) is 19.5 Å². The Kier molecular flexibility index (Phi) is 7.91. The minimum absolute atomic E-state index is 0.0652. The van der Waals surface area contributed by atoms with Gasteiger partial charge in [0.05, 0.1) is 12.0 Å². The number of likely N-dealkylation sites (tertiary alicyclic amines) is 3. The highest BCUT2D eigenvalue weighted by molar-refractivity contribution is 5.71. The lowest BCUT2D eigenvalue weighted by molar-refractivity contribution is -0.143. The molecule has 0 spiro atoms. The first-order valence-corrected chi connectivity index (χ1v) is 15.0. The molecule has 1 aliphatic carbocycles. The van der Waals surface area contributed by atoms with Crippen LogP contribution in [0.1, 0.15) is 63.4 Å². The fraction of sp³-hybridized carbons (Fsp3) is 0.733. The van der Waals surface area contributed by atoms with E-state index in [1.54, 1.807) is 0 Å². The fourth-order valence-corrected chi connectivity index (χ4v) is 7.99. The molecule has 0 radical (unpaired) electrons. The van der Waals surface area contributed by atoms with Crippen molar-refractivity contribution in [3.05, 3.63) is 35.9 Å². The van der Waals surface area contributed by atoms with E-state index in [-0.39, 0.29) is 36.2 Å². The van der Waals surface area contributed by atoms with Crippen LogP contribution < -0.4 is 0 Å². The molecule has 38 heavy (non-hydrogen) atoms. The summed E-state index contributed by atoms with van der Waals surface area (Å²) in [5.41, 5.74) is 1.40. The largest absolute Gasteiger partial charge is 0.481 e. The zero-order valence-electron chi connectivity index (χ0n) is 22.6. The van der Waals surface area contributed by atoms with Crippen molar-refractivity contribution in [2.75, 3.05) is 39.3 Å². The van der Waals surface area contributed by atoms with Crippen molar-refractivity contribution in [1.29, 1.82) is 0 Å². The second-order valence-electron chi connectivity index (χ2n) is 12.2. The highest BCUT2D eigenvalue weighted by atomic mass is 16.6. The molecule has 0 aromatic heterocycles.